The first-order valence-corrected chi connectivity index (χ1v) is 29.9. The van der Waals surface area contributed by atoms with E-state index in [-0.39, 0.29) is 32.0 Å². The Morgan fingerprint density at radius 2 is 0.773 bits per heavy atom. The van der Waals surface area contributed by atoms with Gasteiger partial charge in [0.25, 0.3) is 7.82 Å². The standard InChI is InChI=1S/C56H110NO8P/c1-6-8-10-12-14-16-17-18-19-20-21-22-23-24-25-26-27-28-29-30-31-32-33-34-35-36-37-38-39-41-43-45-47-49-56(59)65-54(53-64-66(60,61)63-51-50-57(3,4)5)52-62-55(58)48-46-44-42-40-15-13-11-9-7-2/h20-21,54H,6-19,22-53H2,1-5H3/b21-20-. The number of unbranched alkanes of at least 4 members (excludes halogenated alkanes) is 37. The molecule has 0 heterocycles. The molecule has 0 radical (unpaired) electrons. The van der Waals surface area contributed by atoms with E-state index in [0.29, 0.717) is 17.4 Å². The minimum atomic E-state index is -4.62. The van der Waals surface area contributed by atoms with Crippen LogP contribution in [0.4, 0.5) is 0 Å². The molecule has 0 amide bonds. The summed E-state index contributed by atoms with van der Waals surface area (Å²) in [7, 11) is 1.18. The third-order valence-corrected chi connectivity index (χ3v) is 13.7. The van der Waals surface area contributed by atoms with Gasteiger partial charge in [-0.15, -0.1) is 0 Å². The molecule has 10 heteroatoms. The molecule has 0 rings (SSSR count). The summed E-state index contributed by atoms with van der Waals surface area (Å²) < 4.78 is 34.0. The van der Waals surface area contributed by atoms with Crippen molar-refractivity contribution >= 4 is 19.8 Å². The molecule has 0 aromatic rings. The van der Waals surface area contributed by atoms with Crippen molar-refractivity contribution < 1.29 is 42.1 Å². The predicted molar refractivity (Wildman–Crippen MR) is 278 cm³/mol. The molecule has 0 aliphatic carbocycles. The fourth-order valence-electron chi connectivity index (χ4n) is 8.36. The number of likely N-dealkylation sites (N-methyl/N-ethyl adjacent to an activating group) is 1. The molecule has 0 aliphatic heterocycles. The first kappa shape index (κ1) is 64.8. The van der Waals surface area contributed by atoms with Gasteiger partial charge in [-0.1, -0.05) is 244 Å². The van der Waals surface area contributed by atoms with Crippen molar-refractivity contribution in [1.29, 1.82) is 0 Å². The predicted octanol–water partition coefficient (Wildman–Crippen LogP) is 16.6. The molecular formula is C56H110NO8P. The number of quaternary nitrogens is 1. The largest absolute Gasteiger partial charge is 0.756 e. The van der Waals surface area contributed by atoms with E-state index in [2.05, 4.69) is 26.0 Å². The summed E-state index contributed by atoms with van der Waals surface area (Å²) >= 11 is 0. The molecule has 66 heavy (non-hydrogen) atoms. The third-order valence-electron chi connectivity index (χ3n) is 12.8. The Hall–Kier alpha value is -1.25. The summed E-state index contributed by atoms with van der Waals surface area (Å²) in [5, 5.41) is 0. The molecule has 0 aliphatic rings. The maximum absolute atomic E-state index is 12.7. The summed E-state index contributed by atoms with van der Waals surface area (Å²) in [5.74, 6) is -0.821. The van der Waals surface area contributed by atoms with Crippen LogP contribution in [0.5, 0.6) is 0 Å². The maximum Gasteiger partial charge on any atom is 0.306 e. The summed E-state index contributed by atoms with van der Waals surface area (Å²) in [4.78, 5) is 37.6. The molecule has 9 nitrogen and oxygen atoms in total. The highest BCUT2D eigenvalue weighted by Crippen LogP contribution is 2.38. The number of allylic oxidation sites excluding steroid dienone is 2. The van der Waals surface area contributed by atoms with Crippen LogP contribution in [0.1, 0.15) is 284 Å². The molecule has 0 saturated heterocycles. The molecule has 2 atom stereocenters. The number of phosphoric acid groups is 1. The number of hydrogen-bond acceptors (Lipinski definition) is 8. The summed E-state index contributed by atoms with van der Waals surface area (Å²) in [6.45, 7) is 4.25. The van der Waals surface area contributed by atoms with E-state index in [1.165, 1.54) is 218 Å². The molecule has 0 saturated carbocycles. The van der Waals surface area contributed by atoms with Crippen LogP contribution in [0, 0.1) is 0 Å². The van der Waals surface area contributed by atoms with Crippen LogP contribution in [-0.2, 0) is 32.7 Å². The van der Waals surface area contributed by atoms with E-state index in [1.807, 2.05) is 21.1 Å². The molecule has 0 bridgehead atoms. The van der Waals surface area contributed by atoms with Crippen molar-refractivity contribution in [1.82, 2.24) is 0 Å². The van der Waals surface area contributed by atoms with E-state index in [0.717, 1.165) is 32.1 Å². The van der Waals surface area contributed by atoms with Gasteiger partial charge in [-0.3, -0.25) is 14.2 Å². The number of carbonyl (C=O) groups excluding carboxylic acids is 2. The highest BCUT2D eigenvalue weighted by atomic mass is 31.2. The van der Waals surface area contributed by atoms with Crippen LogP contribution in [-0.4, -0.2) is 70.0 Å². The van der Waals surface area contributed by atoms with Gasteiger partial charge in [0.15, 0.2) is 6.10 Å². The summed E-state index contributed by atoms with van der Waals surface area (Å²) in [5.41, 5.74) is 0. The number of phosphoric ester groups is 1. The molecule has 0 fully saturated rings. The number of nitrogens with zero attached hydrogens (tertiary/aromatic N) is 1. The number of esters is 2. The van der Waals surface area contributed by atoms with Crippen molar-refractivity contribution in [3.63, 3.8) is 0 Å². The van der Waals surface area contributed by atoms with E-state index in [4.69, 9.17) is 18.5 Å². The van der Waals surface area contributed by atoms with Crippen LogP contribution < -0.4 is 4.89 Å². The molecule has 392 valence electrons. The average molecular weight is 956 g/mol. The minimum absolute atomic E-state index is 0.0266. The fourth-order valence-corrected chi connectivity index (χ4v) is 9.09. The molecule has 0 N–H and O–H groups in total. The lowest BCUT2D eigenvalue weighted by atomic mass is 10.0. The van der Waals surface area contributed by atoms with Crippen molar-refractivity contribution in [2.24, 2.45) is 0 Å². The summed E-state index contributed by atoms with van der Waals surface area (Å²) in [6, 6.07) is 0. The van der Waals surface area contributed by atoms with Gasteiger partial charge in [0, 0.05) is 12.8 Å². The summed E-state index contributed by atoms with van der Waals surface area (Å²) in [6.07, 6.45) is 55.8. The zero-order chi connectivity index (χ0) is 48.5. The van der Waals surface area contributed by atoms with Crippen LogP contribution in [0.2, 0.25) is 0 Å². The Kier molecular flexibility index (Phi) is 47.8. The van der Waals surface area contributed by atoms with Crippen LogP contribution >= 0.6 is 7.82 Å². The Bertz CT molecular complexity index is 1130. The van der Waals surface area contributed by atoms with Crippen LogP contribution in [0.3, 0.4) is 0 Å². The Labute approximate surface area is 409 Å². The second-order valence-corrected chi connectivity index (χ2v) is 22.1. The monoisotopic (exact) mass is 956 g/mol. The quantitative estimate of drug-likeness (QED) is 0.0195. The van der Waals surface area contributed by atoms with Crippen LogP contribution in [0.25, 0.3) is 0 Å². The fraction of sp³-hybridized carbons (Fsp3) is 0.929. The van der Waals surface area contributed by atoms with Crippen molar-refractivity contribution in [3.8, 4) is 0 Å². The van der Waals surface area contributed by atoms with Crippen molar-refractivity contribution in [2.75, 3.05) is 47.5 Å². The second-order valence-electron chi connectivity index (χ2n) is 20.7. The van der Waals surface area contributed by atoms with Gasteiger partial charge in [0.2, 0.25) is 0 Å². The molecule has 0 spiro atoms. The lowest BCUT2D eigenvalue weighted by molar-refractivity contribution is -0.870. The first-order valence-electron chi connectivity index (χ1n) is 28.4. The van der Waals surface area contributed by atoms with E-state index >= 15 is 0 Å². The van der Waals surface area contributed by atoms with Gasteiger partial charge < -0.3 is 27.9 Å². The van der Waals surface area contributed by atoms with Gasteiger partial charge in [-0.25, -0.2) is 0 Å². The topological polar surface area (TPSA) is 111 Å². The second kappa shape index (κ2) is 48.8. The highest BCUT2D eigenvalue weighted by Gasteiger charge is 2.22. The molecule has 2 unspecified atom stereocenters. The number of carbonyl (C=O) groups is 2. The normalized spacial score (nSPS) is 13.4. The minimum Gasteiger partial charge on any atom is -0.756 e. The third kappa shape index (κ3) is 52.1. The van der Waals surface area contributed by atoms with Gasteiger partial charge >= 0.3 is 11.9 Å². The zero-order valence-corrected chi connectivity index (χ0v) is 45.3. The van der Waals surface area contributed by atoms with E-state index in [9.17, 15) is 19.0 Å². The highest BCUT2D eigenvalue weighted by molar-refractivity contribution is 7.45. The SMILES string of the molecule is CCCCCCCCCC/C=C\CCCCCCCCCCCCCCCCCCCCCCCC(=O)OC(COC(=O)CCCCCCCCCCC)COP(=O)([O-])OCC[N+](C)(C)C. The van der Waals surface area contributed by atoms with Crippen molar-refractivity contribution in [2.45, 2.75) is 290 Å². The Morgan fingerprint density at radius 1 is 0.455 bits per heavy atom. The first-order chi connectivity index (χ1) is 32.0. The van der Waals surface area contributed by atoms with Gasteiger partial charge in [0.05, 0.1) is 27.7 Å². The van der Waals surface area contributed by atoms with Gasteiger partial charge in [0.1, 0.15) is 19.8 Å². The maximum atomic E-state index is 12.7. The van der Waals surface area contributed by atoms with E-state index in [1.54, 1.807) is 0 Å². The lowest BCUT2D eigenvalue weighted by Gasteiger charge is -2.28. The molecule has 0 aromatic heterocycles. The van der Waals surface area contributed by atoms with Gasteiger partial charge in [-0.05, 0) is 38.5 Å². The van der Waals surface area contributed by atoms with Crippen LogP contribution in [0.15, 0.2) is 12.2 Å². The molecular weight excluding hydrogens is 846 g/mol. The smallest absolute Gasteiger partial charge is 0.306 e. The number of rotatable bonds is 53. The molecule has 0 aromatic carbocycles. The van der Waals surface area contributed by atoms with Crippen molar-refractivity contribution in [3.05, 3.63) is 12.2 Å². The lowest BCUT2D eigenvalue weighted by Crippen LogP contribution is -2.37. The van der Waals surface area contributed by atoms with Gasteiger partial charge in [-0.2, -0.15) is 0 Å². The average Bonchev–Trinajstić information content (AvgIpc) is 3.27. The Morgan fingerprint density at radius 3 is 1.12 bits per heavy atom. The Balaban J connectivity index is 3.89. The van der Waals surface area contributed by atoms with E-state index < -0.39 is 26.5 Å². The zero-order valence-electron chi connectivity index (χ0n) is 44.4. The number of hydrogen-bond donors (Lipinski definition) is 0. The number of ether oxygens (including phenoxy) is 2.